The van der Waals surface area contributed by atoms with Crippen molar-refractivity contribution in [3.8, 4) is 11.5 Å². The zero-order chi connectivity index (χ0) is 19.8. The molecule has 1 aliphatic carbocycles. The molecule has 0 unspecified atom stereocenters. The zero-order valence-corrected chi connectivity index (χ0v) is 18.0. The van der Waals surface area contributed by atoms with E-state index in [-0.39, 0.29) is 0 Å². The zero-order valence-electron chi connectivity index (χ0n) is 16.5. The molecule has 28 heavy (non-hydrogen) atoms. The highest BCUT2D eigenvalue weighted by Gasteiger charge is 2.15. The Morgan fingerprint density at radius 2 is 1.71 bits per heavy atom. The Morgan fingerprint density at radius 3 is 2.43 bits per heavy atom. The molecule has 0 radical (unpaired) electrons. The number of rotatable bonds is 8. The summed E-state index contributed by atoms with van der Waals surface area (Å²) in [5, 5.41) is 5.07. The Labute approximate surface area is 178 Å². The summed E-state index contributed by atoms with van der Waals surface area (Å²) in [6.45, 7) is 3.71. The van der Waals surface area contributed by atoms with E-state index in [0.29, 0.717) is 35.1 Å². The Hall–Kier alpha value is -1.42. The van der Waals surface area contributed by atoms with Crippen molar-refractivity contribution in [2.75, 3.05) is 6.61 Å². The van der Waals surface area contributed by atoms with Crippen molar-refractivity contribution >= 4 is 23.2 Å². The van der Waals surface area contributed by atoms with Crippen LogP contribution in [0.4, 0.5) is 0 Å². The lowest BCUT2D eigenvalue weighted by Gasteiger charge is -2.19. The summed E-state index contributed by atoms with van der Waals surface area (Å²) in [6, 6.07) is 12.1. The van der Waals surface area contributed by atoms with Gasteiger partial charge in [-0.25, -0.2) is 0 Å². The fourth-order valence-corrected chi connectivity index (χ4v) is 4.05. The highest BCUT2D eigenvalue weighted by atomic mass is 35.5. The van der Waals surface area contributed by atoms with Crippen LogP contribution in [-0.2, 0) is 13.2 Å². The van der Waals surface area contributed by atoms with Gasteiger partial charge in [0.25, 0.3) is 0 Å². The first-order chi connectivity index (χ1) is 13.7. The number of halogens is 2. The maximum Gasteiger partial charge on any atom is 0.163 e. The molecule has 3 rings (SSSR count). The highest BCUT2D eigenvalue weighted by Crippen LogP contribution is 2.34. The Balaban J connectivity index is 1.68. The molecular formula is C23H29Cl2NO2. The van der Waals surface area contributed by atoms with Gasteiger partial charge in [-0.3, -0.25) is 0 Å². The number of hydrogen-bond donors (Lipinski definition) is 1. The van der Waals surface area contributed by atoms with Crippen molar-refractivity contribution in [3.63, 3.8) is 0 Å². The maximum atomic E-state index is 6.56. The van der Waals surface area contributed by atoms with Crippen molar-refractivity contribution in [1.29, 1.82) is 0 Å². The molecule has 0 saturated heterocycles. The van der Waals surface area contributed by atoms with Gasteiger partial charge in [-0.1, -0.05) is 61.0 Å². The van der Waals surface area contributed by atoms with Crippen LogP contribution >= 0.6 is 23.2 Å². The fraction of sp³-hybridized carbons (Fsp3) is 0.478. The first-order valence-corrected chi connectivity index (χ1v) is 11.0. The monoisotopic (exact) mass is 421 g/mol. The highest BCUT2D eigenvalue weighted by molar-refractivity contribution is 6.31. The summed E-state index contributed by atoms with van der Waals surface area (Å²) in [5.74, 6) is 1.39. The second-order valence-corrected chi connectivity index (χ2v) is 8.15. The van der Waals surface area contributed by atoms with E-state index < -0.39 is 0 Å². The normalized spacial score (nSPS) is 15.2. The molecule has 3 nitrogen and oxygen atoms in total. The third-order valence-corrected chi connectivity index (χ3v) is 5.72. The molecule has 0 aliphatic heterocycles. The van der Waals surface area contributed by atoms with Gasteiger partial charge in [-0.2, -0.15) is 0 Å². The van der Waals surface area contributed by atoms with E-state index >= 15 is 0 Å². The summed E-state index contributed by atoms with van der Waals surface area (Å²) in [7, 11) is 0. The first-order valence-electron chi connectivity index (χ1n) is 10.2. The van der Waals surface area contributed by atoms with Crippen LogP contribution in [0.1, 0.15) is 56.6 Å². The molecule has 0 amide bonds. The van der Waals surface area contributed by atoms with Crippen LogP contribution in [0.5, 0.6) is 11.5 Å². The average molecular weight is 422 g/mol. The van der Waals surface area contributed by atoms with Gasteiger partial charge in [0.05, 0.1) is 6.61 Å². The molecule has 0 bridgehead atoms. The smallest absolute Gasteiger partial charge is 0.163 e. The van der Waals surface area contributed by atoms with Crippen LogP contribution in [0.25, 0.3) is 0 Å². The predicted octanol–water partition coefficient (Wildman–Crippen LogP) is 6.78. The van der Waals surface area contributed by atoms with Gasteiger partial charge >= 0.3 is 0 Å². The lowest BCUT2D eigenvalue weighted by molar-refractivity contribution is 0.269. The standard InChI is InChI=1S/C23H29Cl2NO2/c1-2-27-22-13-18(15-26-20-10-5-3-4-6-11-20)21(25)14-23(22)28-16-17-8-7-9-19(24)12-17/h7-9,12-14,20,26H,2-6,10-11,15-16H2,1H3. The van der Waals surface area contributed by atoms with Gasteiger partial charge in [0, 0.05) is 28.7 Å². The summed E-state index contributed by atoms with van der Waals surface area (Å²) < 4.78 is 11.8. The van der Waals surface area contributed by atoms with Crippen molar-refractivity contribution in [2.24, 2.45) is 0 Å². The van der Waals surface area contributed by atoms with Crippen LogP contribution in [0.2, 0.25) is 10.0 Å². The van der Waals surface area contributed by atoms with E-state index in [1.165, 1.54) is 38.5 Å². The molecule has 2 aromatic rings. The van der Waals surface area contributed by atoms with Crippen LogP contribution in [0.15, 0.2) is 36.4 Å². The van der Waals surface area contributed by atoms with E-state index in [0.717, 1.165) is 23.4 Å². The molecule has 1 fully saturated rings. The van der Waals surface area contributed by atoms with E-state index in [1.54, 1.807) is 0 Å². The molecular weight excluding hydrogens is 393 g/mol. The summed E-state index contributed by atoms with van der Waals surface area (Å²) in [4.78, 5) is 0. The Kier molecular flexibility index (Phi) is 8.32. The summed E-state index contributed by atoms with van der Waals surface area (Å²) in [6.07, 6.45) is 7.82. The minimum atomic E-state index is 0.413. The van der Waals surface area contributed by atoms with Gasteiger partial charge in [0.1, 0.15) is 6.61 Å². The minimum absolute atomic E-state index is 0.413. The average Bonchev–Trinajstić information content (AvgIpc) is 2.96. The first kappa shape index (κ1) is 21.3. The molecule has 1 aliphatic rings. The van der Waals surface area contributed by atoms with Crippen LogP contribution in [-0.4, -0.2) is 12.6 Å². The van der Waals surface area contributed by atoms with Crippen molar-refractivity contribution in [1.82, 2.24) is 5.32 Å². The lowest BCUT2D eigenvalue weighted by atomic mass is 10.1. The minimum Gasteiger partial charge on any atom is -0.490 e. The second-order valence-electron chi connectivity index (χ2n) is 7.31. The Morgan fingerprint density at radius 1 is 0.964 bits per heavy atom. The Bertz CT molecular complexity index is 758. The molecule has 0 heterocycles. The van der Waals surface area contributed by atoms with E-state index in [9.17, 15) is 0 Å². The molecule has 5 heteroatoms. The summed E-state index contributed by atoms with van der Waals surface area (Å²) in [5.41, 5.74) is 2.05. The maximum absolute atomic E-state index is 6.56. The molecule has 0 spiro atoms. The third kappa shape index (κ3) is 6.30. The van der Waals surface area contributed by atoms with Crippen molar-refractivity contribution in [2.45, 2.75) is 64.6 Å². The van der Waals surface area contributed by atoms with Gasteiger partial charge in [0.15, 0.2) is 11.5 Å². The van der Waals surface area contributed by atoms with E-state index in [2.05, 4.69) is 5.32 Å². The molecule has 0 aromatic heterocycles. The molecule has 1 N–H and O–H groups in total. The lowest BCUT2D eigenvalue weighted by Crippen LogP contribution is -2.28. The van der Waals surface area contributed by atoms with Gasteiger partial charge < -0.3 is 14.8 Å². The molecule has 1 saturated carbocycles. The van der Waals surface area contributed by atoms with Crippen molar-refractivity contribution in [3.05, 3.63) is 57.6 Å². The number of hydrogen-bond acceptors (Lipinski definition) is 3. The van der Waals surface area contributed by atoms with Crippen LogP contribution < -0.4 is 14.8 Å². The summed E-state index contributed by atoms with van der Waals surface area (Å²) >= 11 is 12.6. The largest absolute Gasteiger partial charge is 0.490 e. The molecule has 152 valence electrons. The van der Waals surface area contributed by atoms with Gasteiger partial charge in [-0.15, -0.1) is 0 Å². The van der Waals surface area contributed by atoms with E-state index in [4.69, 9.17) is 32.7 Å². The van der Waals surface area contributed by atoms with E-state index in [1.807, 2.05) is 43.3 Å². The van der Waals surface area contributed by atoms with Gasteiger partial charge in [-0.05, 0) is 49.1 Å². The van der Waals surface area contributed by atoms with Crippen LogP contribution in [0, 0.1) is 0 Å². The second kappa shape index (κ2) is 10.9. The van der Waals surface area contributed by atoms with Gasteiger partial charge in [0.2, 0.25) is 0 Å². The number of nitrogens with one attached hydrogen (secondary N) is 1. The molecule has 0 atom stereocenters. The topological polar surface area (TPSA) is 30.5 Å². The SMILES string of the molecule is CCOc1cc(CNC2CCCCCC2)c(Cl)cc1OCc1cccc(Cl)c1. The van der Waals surface area contributed by atoms with Crippen molar-refractivity contribution < 1.29 is 9.47 Å². The predicted molar refractivity (Wildman–Crippen MR) is 117 cm³/mol. The molecule has 2 aromatic carbocycles. The number of ether oxygens (including phenoxy) is 2. The third-order valence-electron chi connectivity index (χ3n) is 5.13. The fourth-order valence-electron chi connectivity index (χ4n) is 3.62. The number of benzene rings is 2. The quantitative estimate of drug-likeness (QED) is 0.476. The van der Waals surface area contributed by atoms with Crippen LogP contribution in [0.3, 0.4) is 0 Å².